The highest BCUT2D eigenvalue weighted by atomic mass is 16.5. The van der Waals surface area contributed by atoms with Crippen molar-refractivity contribution in [3.05, 3.63) is 53.6 Å². The van der Waals surface area contributed by atoms with Gasteiger partial charge in [-0.1, -0.05) is 57.4 Å². The number of para-hydroxylation sites is 1. The van der Waals surface area contributed by atoms with Gasteiger partial charge in [0, 0.05) is 5.46 Å². The van der Waals surface area contributed by atoms with Gasteiger partial charge in [-0.2, -0.15) is 0 Å². The van der Waals surface area contributed by atoms with E-state index in [1.165, 1.54) is 7.11 Å². The Morgan fingerprint density at radius 2 is 1.66 bits per heavy atom. The molecular formula is C23H33BO5. The summed E-state index contributed by atoms with van der Waals surface area (Å²) < 4.78 is 11.1. The first-order chi connectivity index (χ1) is 13.9. The number of ether oxygens (including phenoxy) is 2. The van der Waals surface area contributed by atoms with Gasteiger partial charge in [0.05, 0.1) is 20.3 Å². The molecule has 0 heterocycles. The van der Waals surface area contributed by atoms with Crippen molar-refractivity contribution in [1.82, 2.24) is 0 Å². The van der Waals surface area contributed by atoms with E-state index in [2.05, 4.69) is 13.8 Å². The van der Waals surface area contributed by atoms with Gasteiger partial charge in [0.2, 0.25) is 0 Å². The Bertz CT molecular complexity index is 721. The molecule has 2 aromatic carbocycles. The number of unbranched alkanes of at least 4 members (excludes halogenated alkanes) is 3. The van der Waals surface area contributed by atoms with Crippen LogP contribution in [-0.4, -0.2) is 36.0 Å². The van der Waals surface area contributed by atoms with Crippen LogP contribution in [0.15, 0.2) is 42.5 Å². The van der Waals surface area contributed by atoms with Crippen molar-refractivity contribution >= 4 is 12.6 Å². The van der Waals surface area contributed by atoms with Crippen LogP contribution in [0.25, 0.3) is 0 Å². The van der Waals surface area contributed by atoms with E-state index in [4.69, 9.17) is 9.47 Å². The van der Waals surface area contributed by atoms with Gasteiger partial charge in [-0.3, -0.25) is 0 Å². The predicted molar refractivity (Wildman–Crippen MR) is 117 cm³/mol. The van der Waals surface area contributed by atoms with E-state index in [0.29, 0.717) is 11.3 Å². The van der Waals surface area contributed by atoms with Gasteiger partial charge in [0.25, 0.3) is 0 Å². The lowest BCUT2D eigenvalue weighted by Gasteiger charge is -2.27. The molecule has 29 heavy (non-hydrogen) atoms. The van der Waals surface area contributed by atoms with Gasteiger partial charge >= 0.3 is 7.12 Å². The lowest BCUT2D eigenvalue weighted by molar-refractivity contribution is 0.280. The van der Waals surface area contributed by atoms with Gasteiger partial charge in [-0.25, -0.2) is 0 Å². The number of rotatable bonds is 12. The fourth-order valence-corrected chi connectivity index (χ4v) is 3.54. The third kappa shape index (κ3) is 6.77. The summed E-state index contributed by atoms with van der Waals surface area (Å²) in [4.78, 5) is 0. The Morgan fingerprint density at radius 1 is 0.966 bits per heavy atom. The highest BCUT2D eigenvalue weighted by Crippen LogP contribution is 2.32. The Balaban J connectivity index is 1.85. The Kier molecular flexibility index (Phi) is 9.02. The molecule has 2 aromatic rings. The van der Waals surface area contributed by atoms with Crippen molar-refractivity contribution < 1.29 is 24.6 Å². The lowest BCUT2D eigenvalue weighted by atomic mass is 9.72. The zero-order valence-corrected chi connectivity index (χ0v) is 17.7. The molecule has 0 spiro atoms. The molecule has 0 atom stereocenters. The molecule has 2 rings (SSSR count). The van der Waals surface area contributed by atoms with Crippen molar-refractivity contribution in [3.63, 3.8) is 0 Å². The number of methoxy groups -OCH3 is 1. The zero-order chi connectivity index (χ0) is 21.3. The topological polar surface area (TPSA) is 79.2 Å². The van der Waals surface area contributed by atoms with E-state index in [1.54, 1.807) is 0 Å². The van der Waals surface area contributed by atoms with E-state index < -0.39 is 7.12 Å². The summed E-state index contributed by atoms with van der Waals surface area (Å²) in [5, 5.41) is 28.9. The summed E-state index contributed by atoms with van der Waals surface area (Å²) in [6.45, 7) is 4.79. The molecule has 0 aliphatic carbocycles. The number of aliphatic hydroxyl groups is 1. The molecular weight excluding hydrogens is 367 g/mol. The normalized spacial score (nSPS) is 11.4. The fraction of sp³-hybridized carbons (Fsp3) is 0.478. The number of benzene rings is 2. The molecule has 158 valence electrons. The van der Waals surface area contributed by atoms with Crippen molar-refractivity contribution in [2.24, 2.45) is 0 Å². The largest absolute Gasteiger partial charge is 0.497 e. The van der Waals surface area contributed by atoms with Crippen LogP contribution in [-0.2, 0) is 12.0 Å². The van der Waals surface area contributed by atoms with Crippen LogP contribution >= 0.6 is 0 Å². The molecule has 0 aliphatic rings. The minimum Gasteiger partial charge on any atom is -0.497 e. The molecule has 0 aromatic heterocycles. The molecule has 0 aliphatic heterocycles. The monoisotopic (exact) mass is 400 g/mol. The Hall–Kier alpha value is -2.02. The molecule has 0 fully saturated rings. The summed E-state index contributed by atoms with van der Waals surface area (Å²) in [5.74, 6) is 1.31. The average Bonchev–Trinajstić information content (AvgIpc) is 2.72. The second-order valence-electron chi connectivity index (χ2n) is 7.99. The summed E-state index contributed by atoms with van der Waals surface area (Å²) in [6.07, 6.45) is 5.34. The maximum Gasteiger partial charge on any atom is 0.492 e. The van der Waals surface area contributed by atoms with E-state index >= 15 is 0 Å². The van der Waals surface area contributed by atoms with Crippen molar-refractivity contribution in [3.8, 4) is 11.5 Å². The average molecular weight is 400 g/mol. The highest BCUT2D eigenvalue weighted by molar-refractivity contribution is 6.60. The fourth-order valence-electron chi connectivity index (χ4n) is 3.54. The van der Waals surface area contributed by atoms with Crippen LogP contribution in [0, 0.1) is 0 Å². The molecule has 0 bridgehead atoms. The summed E-state index contributed by atoms with van der Waals surface area (Å²) in [5.41, 5.74) is 1.63. The van der Waals surface area contributed by atoms with E-state index in [9.17, 15) is 15.2 Å². The molecule has 0 saturated carbocycles. The van der Waals surface area contributed by atoms with E-state index in [1.807, 2.05) is 42.5 Å². The number of hydrogen-bond acceptors (Lipinski definition) is 5. The Labute approximate surface area is 174 Å². The third-order valence-electron chi connectivity index (χ3n) is 5.37. The van der Waals surface area contributed by atoms with Crippen LogP contribution in [0.5, 0.6) is 11.5 Å². The lowest BCUT2D eigenvalue weighted by Crippen LogP contribution is -2.35. The van der Waals surface area contributed by atoms with Crippen LogP contribution in [0.3, 0.4) is 0 Å². The molecule has 6 heteroatoms. The molecule has 0 amide bonds. The summed E-state index contributed by atoms with van der Waals surface area (Å²) in [7, 11) is -0.182. The van der Waals surface area contributed by atoms with Crippen LogP contribution in [0.4, 0.5) is 0 Å². The van der Waals surface area contributed by atoms with Crippen molar-refractivity contribution in [1.29, 1.82) is 0 Å². The maximum absolute atomic E-state index is 9.67. The SMILES string of the molecule is COc1cc(C(C)(C)CCCCCCOc2ccccc2)cc(CO)c1B(O)O. The molecule has 0 unspecified atom stereocenters. The molecule has 0 radical (unpaired) electrons. The zero-order valence-electron chi connectivity index (χ0n) is 17.7. The standard InChI is InChI=1S/C23H33BO5/c1-23(2,13-9-4-5-10-14-29-20-11-7-6-8-12-20)19-15-18(17-25)22(24(26)27)21(16-19)28-3/h6-8,11-12,15-16,25-27H,4-5,9-10,13-14,17H2,1-3H3. The number of hydrogen-bond donors (Lipinski definition) is 3. The second kappa shape index (κ2) is 11.2. The first-order valence-corrected chi connectivity index (χ1v) is 10.2. The smallest absolute Gasteiger partial charge is 0.492 e. The van der Waals surface area contributed by atoms with Gasteiger partial charge in [-0.05, 0) is 47.6 Å². The van der Waals surface area contributed by atoms with Crippen molar-refractivity contribution in [2.75, 3.05) is 13.7 Å². The van der Waals surface area contributed by atoms with Crippen molar-refractivity contribution in [2.45, 2.75) is 58.0 Å². The van der Waals surface area contributed by atoms with Gasteiger partial charge < -0.3 is 24.6 Å². The summed E-state index contributed by atoms with van der Waals surface area (Å²) >= 11 is 0. The van der Waals surface area contributed by atoms with Crippen LogP contribution < -0.4 is 14.9 Å². The molecule has 0 saturated heterocycles. The van der Waals surface area contributed by atoms with Gasteiger partial charge in [-0.15, -0.1) is 0 Å². The quantitative estimate of drug-likeness (QED) is 0.377. The number of aliphatic hydroxyl groups excluding tert-OH is 1. The predicted octanol–water partition coefficient (Wildman–Crippen LogP) is 3.17. The van der Waals surface area contributed by atoms with Crippen LogP contribution in [0.2, 0.25) is 0 Å². The third-order valence-corrected chi connectivity index (χ3v) is 5.37. The van der Waals surface area contributed by atoms with Crippen LogP contribution in [0.1, 0.15) is 57.1 Å². The minimum absolute atomic E-state index is 0.114. The van der Waals surface area contributed by atoms with Gasteiger partial charge in [0.1, 0.15) is 11.5 Å². The first-order valence-electron chi connectivity index (χ1n) is 10.2. The molecule has 3 N–H and O–H groups in total. The Morgan fingerprint density at radius 3 is 2.28 bits per heavy atom. The first kappa shape index (κ1) is 23.3. The summed E-state index contributed by atoms with van der Waals surface area (Å²) in [6, 6.07) is 13.6. The van der Waals surface area contributed by atoms with Gasteiger partial charge in [0.15, 0.2) is 0 Å². The second-order valence-corrected chi connectivity index (χ2v) is 7.99. The van der Waals surface area contributed by atoms with E-state index in [-0.39, 0.29) is 17.5 Å². The minimum atomic E-state index is -1.68. The maximum atomic E-state index is 9.67. The molecule has 5 nitrogen and oxygen atoms in total. The van der Waals surface area contributed by atoms with E-state index in [0.717, 1.165) is 50.0 Å². The highest BCUT2D eigenvalue weighted by Gasteiger charge is 2.27.